The van der Waals surface area contributed by atoms with E-state index >= 15 is 0 Å². The van der Waals surface area contributed by atoms with Gasteiger partial charge in [0.05, 0.1) is 27.4 Å². The highest BCUT2D eigenvalue weighted by atomic mass is 19.1. The van der Waals surface area contributed by atoms with Gasteiger partial charge in [-0.3, -0.25) is 14.4 Å². The van der Waals surface area contributed by atoms with Crippen LogP contribution >= 0.6 is 0 Å². The molecule has 7 rings (SSSR count). The summed E-state index contributed by atoms with van der Waals surface area (Å²) in [5, 5.41) is 0. The van der Waals surface area contributed by atoms with E-state index in [0.717, 1.165) is 0 Å². The van der Waals surface area contributed by atoms with E-state index in [1.54, 1.807) is 78.9 Å². The summed E-state index contributed by atoms with van der Waals surface area (Å²) in [6.45, 7) is 0. The van der Waals surface area contributed by atoms with Crippen molar-refractivity contribution in [2.75, 3.05) is 26.2 Å². The third kappa shape index (κ3) is 3.57. The number of anilines is 1. The standard InChI is InChI=1S/C36H28FNO6/c1-42-27-17-15-25(32(43-2)33(27)44-3)29-30(31(39)20-9-5-4-6-10-20)38-26-16-14-22(37)19-21(26)13-18-28(38)36(29)34(40)23-11-7-8-12-24(23)35(36)41/h4-19,28-30H,1-3H3. The Hall–Kier alpha value is -5.24. The van der Waals surface area contributed by atoms with Crippen LogP contribution in [0.15, 0.2) is 91.0 Å². The summed E-state index contributed by atoms with van der Waals surface area (Å²) in [7, 11) is 4.44. The van der Waals surface area contributed by atoms with Gasteiger partial charge in [-0.2, -0.15) is 0 Å². The molecule has 3 atom stereocenters. The highest BCUT2D eigenvalue weighted by molar-refractivity contribution is 6.32. The molecule has 1 spiro atoms. The molecule has 1 fully saturated rings. The van der Waals surface area contributed by atoms with Gasteiger partial charge in [0.25, 0.3) is 0 Å². The first-order valence-corrected chi connectivity index (χ1v) is 14.2. The molecule has 7 nitrogen and oxygen atoms in total. The molecule has 1 saturated heterocycles. The lowest BCUT2D eigenvalue weighted by molar-refractivity contribution is 0.0664. The first kappa shape index (κ1) is 27.6. The van der Waals surface area contributed by atoms with Crippen LogP contribution in [0.25, 0.3) is 6.08 Å². The third-order valence-corrected chi connectivity index (χ3v) is 9.16. The van der Waals surface area contributed by atoms with Crippen molar-refractivity contribution in [3.8, 4) is 17.2 Å². The molecule has 3 aliphatic rings. The van der Waals surface area contributed by atoms with Crippen molar-refractivity contribution in [3.05, 3.63) is 125 Å². The Bertz CT molecular complexity index is 1850. The van der Waals surface area contributed by atoms with Gasteiger partial charge >= 0.3 is 0 Å². The third-order valence-electron chi connectivity index (χ3n) is 9.16. The van der Waals surface area contributed by atoms with Crippen molar-refractivity contribution in [2.24, 2.45) is 5.41 Å². The van der Waals surface area contributed by atoms with E-state index in [2.05, 4.69) is 0 Å². The fourth-order valence-corrected chi connectivity index (χ4v) is 7.43. The quantitative estimate of drug-likeness (QED) is 0.197. The fraction of sp³-hybridized carbons (Fsp3) is 0.194. The smallest absolute Gasteiger partial charge is 0.203 e. The van der Waals surface area contributed by atoms with E-state index in [1.165, 1.54) is 33.5 Å². The Morgan fingerprint density at radius 1 is 0.795 bits per heavy atom. The molecule has 1 aliphatic carbocycles. The number of hydrogen-bond donors (Lipinski definition) is 0. The van der Waals surface area contributed by atoms with Crippen LogP contribution in [0.2, 0.25) is 0 Å². The number of methoxy groups -OCH3 is 3. The first-order chi connectivity index (χ1) is 21.4. The molecular weight excluding hydrogens is 561 g/mol. The largest absolute Gasteiger partial charge is 0.493 e. The number of halogens is 1. The topological polar surface area (TPSA) is 82.1 Å². The van der Waals surface area contributed by atoms with Crippen molar-refractivity contribution < 1.29 is 33.0 Å². The molecular formula is C36H28FNO6. The zero-order chi connectivity index (χ0) is 30.7. The number of hydrogen-bond acceptors (Lipinski definition) is 7. The SMILES string of the molecule is COc1ccc(C2C(C(=O)c3ccccc3)N3c4ccc(F)cc4C=CC3C23C(=O)c2ccccc2C3=O)c(OC)c1OC. The van der Waals surface area contributed by atoms with Gasteiger partial charge in [-0.05, 0) is 24.3 Å². The molecule has 44 heavy (non-hydrogen) atoms. The molecule has 0 radical (unpaired) electrons. The number of benzene rings is 4. The van der Waals surface area contributed by atoms with E-state index in [4.69, 9.17) is 14.2 Å². The Morgan fingerprint density at radius 2 is 1.45 bits per heavy atom. The minimum absolute atomic E-state index is 0.252. The maximum Gasteiger partial charge on any atom is 0.203 e. The van der Waals surface area contributed by atoms with E-state index in [0.29, 0.717) is 39.3 Å². The Morgan fingerprint density at radius 3 is 2.09 bits per heavy atom. The van der Waals surface area contributed by atoms with Crippen molar-refractivity contribution in [2.45, 2.75) is 18.0 Å². The van der Waals surface area contributed by atoms with Crippen molar-refractivity contribution in [1.29, 1.82) is 0 Å². The predicted molar refractivity (Wildman–Crippen MR) is 163 cm³/mol. The zero-order valence-electron chi connectivity index (χ0n) is 24.2. The molecule has 0 saturated carbocycles. The van der Waals surface area contributed by atoms with Crippen molar-refractivity contribution in [1.82, 2.24) is 0 Å². The average molecular weight is 590 g/mol. The Kier molecular flexibility index (Phi) is 6.39. The molecule has 0 amide bonds. The monoisotopic (exact) mass is 589 g/mol. The van der Waals surface area contributed by atoms with Gasteiger partial charge < -0.3 is 19.1 Å². The number of ether oxygens (including phenoxy) is 3. The van der Waals surface area contributed by atoms with Crippen LogP contribution in [0, 0.1) is 11.2 Å². The van der Waals surface area contributed by atoms with Crippen LogP contribution in [0.4, 0.5) is 10.1 Å². The van der Waals surface area contributed by atoms with Crippen LogP contribution in [0.3, 0.4) is 0 Å². The molecule has 0 aromatic heterocycles. The van der Waals surface area contributed by atoms with Gasteiger partial charge in [0.1, 0.15) is 17.3 Å². The first-order valence-electron chi connectivity index (χ1n) is 14.2. The summed E-state index contributed by atoms with van der Waals surface area (Å²) >= 11 is 0. The molecule has 2 heterocycles. The van der Waals surface area contributed by atoms with Crippen molar-refractivity contribution >= 4 is 29.1 Å². The Balaban J connectivity index is 1.60. The molecule has 4 aromatic rings. The fourth-order valence-electron chi connectivity index (χ4n) is 7.43. The number of carbonyl (C=O) groups is 3. The summed E-state index contributed by atoms with van der Waals surface area (Å²) < 4.78 is 31.7. The van der Waals surface area contributed by atoms with Crippen LogP contribution < -0.4 is 19.1 Å². The highest BCUT2D eigenvalue weighted by Crippen LogP contribution is 2.63. The Labute approximate surface area is 253 Å². The summed E-state index contributed by atoms with van der Waals surface area (Å²) in [5.41, 5.74) is 0.783. The lowest BCUT2D eigenvalue weighted by Crippen LogP contribution is -2.48. The molecule has 4 aromatic carbocycles. The highest BCUT2D eigenvalue weighted by Gasteiger charge is 2.72. The number of fused-ring (bicyclic) bond motifs is 5. The number of carbonyl (C=O) groups excluding carboxylic acids is 3. The molecule has 2 aliphatic heterocycles. The van der Waals surface area contributed by atoms with Crippen LogP contribution in [-0.4, -0.2) is 50.8 Å². The van der Waals surface area contributed by atoms with Crippen LogP contribution in [0.5, 0.6) is 17.2 Å². The van der Waals surface area contributed by atoms with Crippen LogP contribution in [0.1, 0.15) is 48.1 Å². The molecule has 0 N–H and O–H groups in total. The number of Topliss-reactive ketones (excluding diaryl/α,β-unsaturated/α-hetero) is 3. The molecule has 220 valence electrons. The summed E-state index contributed by atoms with van der Waals surface area (Å²) in [6.07, 6.45) is 3.48. The second kappa shape index (κ2) is 10.2. The molecule has 0 bridgehead atoms. The lowest BCUT2D eigenvalue weighted by Gasteiger charge is -2.37. The van der Waals surface area contributed by atoms with Gasteiger partial charge in [-0.1, -0.05) is 72.8 Å². The second-order valence-electron chi connectivity index (χ2n) is 11.1. The number of ketones is 3. The van der Waals surface area contributed by atoms with E-state index < -0.39 is 29.2 Å². The molecule has 8 heteroatoms. The van der Waals surface area contributed by atoms with Gasteiger partial charge in [0.2, 0.25) is 5.75 Å². The maximum absolute atomic E-state index is 14.9. The number of rotatable bonds is 6. The van der Waals surface area contributed by atoms with Gasteiger partial charge in [0.15, 0.2) is 28.8 Å². The predicted octanol–water partition coefficient (Wildman–Crippen LogP) is 6.17. The van der Waals surface area contributed by atoms with E-state index in [-0.39, 0.29) is 28.8 Å². The van der Waals surface area contributed by atoms with Crippen LogP contribution in [-0.2, 0) is 0 Å². The minimum atomic E-state index is -1.76. The van der Waals surface area contributed by atoms with E-state index in [1.807, 2.05) is 11.0 Å². The summed E-state index contributed by atoms with van der Waals surface area (Å²) in [6, 6.07) is 21.3. The normalized spacial score (nSPS) is 20.7. The van der Waals surface area contributed by atoms with Crippen molar-refractivity contribution in [3.63, 3.8) is 0 Å². The average Bonchev–Trinajstić information content (AvgIpc) is 3.49. The maximum atomic E-state index is 14.9. The van der Waals surface area contributed by atoms with E-state index in [9.17, 15) is 18.8 Å². The zero-order valence-corrected chi connectivity index (χ0v) is 24.2. The number of nitrogens with zero attached hydrogens (tertiary/aromatic N) is 1. The molecule has 3 unspecified atom stereocenters. The van der Waals surface area contributed by atoms with Gasteiger partial charge in [-0.25, -0.2) is 4.39 Å². The lowest BCUT2D eigenvalue weighted by atomic mass is 9.64. The second-order valence-corrected chi connectivity index (χ2v) is 11.1. The van der Waals surface area contributed by atoms with Gasteiger partial charge in [-0.15, -0.1) is 0 Å². The summed E-state index contributed by atoms with van der Waals surface area (Å²) in [5.74, 6) is -1.63. The summed E-state index contributed by atoms with van der Waals surface area (Å²) in [4.78, 5) is 46.4. The van der Waals surface area contributed by atoms with Gasteiger partial charge in [0, 0.05) is 39.4 Å². The minimum Gasteiger partial charge on any atom is -0.493 e.